The fourth-order valence-electron chi connectivity index (χ4n) is 3.11. The van der Waals surface area contributed by atoms with Crippen LogP contribution in [0, 0.1) is 6.92 Å². The molecule has 2 nitrogen and oxygen atoms in total. The molecular weight excluding hydrogens is 220 g/mol. The lowest BCUT2D eigenvalue weighted by Gasteiger charge is -2.28. The molecule has 1 aromatic carbocycles. The van der Waals surface area contributed by atoms with Crippen LogP contribution in [0.3, 0.4) is 0 Å². The monoisotopic (exact) mass is 246 g/mol. The van der Waals surface area contributed by atoms with Crippen LogP contribution in [0.1, 0.15) is 49.8 Å². The minimum absolute atomic E-state index is 0.638. The fourth-order valence-corrected chi connectivity index (χ4v) is 3.11. The van der Waals surface area contributed by atoms with E-state index < -0.39 is 0 Å². The van der Waals surface area contributed by atoms with Crippen molar-refractivity contribution in [3.8, 4) is 0 Å². The Balaban J connectivity index is 2.13. The molecule has 2 N–H and O–H groups in total. The topological polar surface area (TPSA) is 29.3 Å². The number of nitrogens with zero attached hydrogens (tertiary/aromatic N) is 1. The first kappa shape index (κ1) is 13.6. The first-order valence-electron chi connectivity index (χ1n) is 7.20. The van der Waals surface area contributed by atoms with Crippen LogP contribution in [0.2, 0.25) is 0 Å². The quantitative estimate of drug-likeness (QED) is 0.884. The summed E-state index contributed by atoms with van der Waals surface area (Å²) in [5, 5.41) is 0. The normalized spacial score (nSPS) is 24.7. The number of nitrogens with two attached hydrogens (primary N) is 1. The molecular formula is C16H26N2. The molecule has 0 bridgehead atoms. The number of rotatable bonds is 4. The molecule has 2 unspecified atom stereocenters. The van der Waals surface area contributed by atoms with Crippen molar-refractivity contribution in [2.45, 2.75) is 65.2 Å². The molecule has 2 heteroatoms. The summed E-state index contributed by atoms with van der Waals surface area (Å²) in [6, 6.07) is 8.16. The predicted molar refractivity (Wildman–Crippen MR) is 77.4 cm³/mol. The van der Waals surface area contributed by atoms with E-state index in [1.807, 2.05) is 0 Å². The number of aryl methyl sites for hydroxylation is 1. The maximum absolute atomic E-state index is 5.69. The zero-order valence-corrected chi connectivity index (χ0v) is 11.9. The van der Waals surface area contributed by atoms with Crippen molar-refractivity contribution in [3.05, 3.63) is 34.9 Å². The van der Waals surface area contributed by atoms with Gasteiger partial charge in [-0.25, -0.2) is 0 Å². The van der Waals surface area contributed by atoms with Gasteiger partial charge in [-0.3, -0.25) is 4.90 Å². The molecule has 1 fully saturated rings. The molecule has 2 atom stereocenters. The Morgan fingerprint density at radius 2 is 2.11 bits per heavy atom. The molecule has 1 heterocycles. The Hall–Kier alpha value is -0.860. The third kappa shape index (κ3) is 2.76. The zero-order valence-electron chi connectivity index (χ0n) is 11.9. The third-order valence-electron chi connectivity index (χ3n) is 4.42. The van der Waals surface area contributed by atoms with E-state index in [0.29, 0.717) is 6.54 Å². The Labute approximate surface area is 111 Å². The van der Waals surface area contributed by atoms with E-state index in [2.05, 4.69) is 43.9 Å². The van der Waals surface area contributed by atoms with Gasteiger partial charge in [0.05, 0.1) is 0 Å². The maximum atomic E-state index is 5.69. The van der Waals surface area contributed by atoms with Crippen molar-refractivity contribution < 1.29 is 0 Å². The Morgan fingerprint density at radius 3 is 2.72 bits per heavy atom. The average Bonchev–Trinajstić information content (AvgIpc) is 2.73. The maximum Gasteiger partial charge on any atom is 0.0242 e. The van der Waals surface area contributed by atoms with Gasteiger partial charge in [0.1, 0.15) is 0 Å². The lowest BCUT2D eigenvalue weighted by Crippen LogP contribution is -2.33. The van der Waals surface area contributed by atoms with Crippen molar-refractivity contribution in [3.63, 3.8) is 0 Å². The van der Waals surface area contributed by atoms with Gasteiger partial charge in [0.2, 0.25) is 0 Å². The number of likely N-dealkylation sites (tertiary alicyclic amines) is 1. The zero-order chi connectivity index (χ0) is 13.1. The highest BCUT2D eigenvalue weighted by Crippen LogP contribution is 2.28. The lowest BCUT2D eigenvalue weighted by molar-refractivity contribution is 0.189. The van der Waals surface area contributed by atoms with Gasteiger partial charge in [0.15, 0.2) is 0 Å². The minimum Gasteiger partial charge on any atom is -0.326 e. The summed E-state index contributed by atoms with van der Waals surface area (Å²) in [5.74, 6) is 0. The van der Waals surface area contributed by atoms with Gasteiger partial charge < -0.3 is 5.73 Å². The van der Waals surface area contributed by atoms with E-state index in [0.717, 1.165) is 18.6 Å². The third-order valence-corrected chi connectivity index (χ3v) is 4.42. The second kappa shape index (κ2) is 5.85. The van der Waals surface area contributed by atoms with Crippen molar-refractivity contribution in [1.82, 2.24) is 4.90 Å². The van der Waals surface area contributed by atoms with Crippen molar-refractivity contribution in [1.29, 1.82) is 0 Å². The van der Waals surface area contributed by atoms with Crippen LogP contribution in [0.4, 0.5) is 0 Å². The van der Waals surface area contributed by atoms with E-state index in [1.54, 1.807) is 0 Å². The molecule has 0 saturated carbocycles. The number of hydrogen-bond acceptors (Lipinski definition) is 2. The highest BCUT2D eigenvalue weighted by atomic mass is 15.2. The Kier molecular flexibility index (Phi) is 4.41. The summed E-state index contributed by atoms with van der Waals surface area (Å²) < 4.78 is 0. The molecule has 100 valence electrons. The highest BCUT2D eigenvalue weighted by molar-refractivity contribution is 5.31. The van der Waals surface area contributed by atoms with Crippen LogP contribution in [-0.4, -0.2) is 17.0 Å². The van der Waals surface area contributed by atoms with E-state index in [9.17, 15) is 0 Å². The minimum atomic E-state index is 0.638. The lowest BCUT2D eigenvalue weighted by atomic mass is 10.0. The number of hydrogen-bond donors (Lipinski definition) is 1. The standard InChI is InChI=1S/C16H26N2/c1-4-16-8-5-13(3)18(16)11-15-7-6-14(10-17)9-12(15)2/h6-7,9,13,16H,4-5,8,10-11,17H2,1-3H3. The summed E-state index contributed by atoms with van der Waals surface area (Å²) in [4.78, 5) is 2.67. The van der Waals surface area contributed by atoms with Crippen molar-refractivity contribution >= 4 is 0 Å². The molecule has 0 aliphatic carbocycles. The van der Waals surface area contributed by atoms with Crippen molar-refractivity contribution in [2.24, 2.45) is 5.73 Å². The second-order valence-corrected chi connectivity index (χ2v) is 5.63. The largest absolute Gasteiger partial charge is 0.326 e. The van der Waals surface area contributed by atoms with Gasteiger partial charge in [0, 0.05) is 25.2 Å². The van der Waals surface area contributed by atoms with Crippen LogP contribution < -0.4 is 5.73 Å². The van der Waals surface area contributed by atoms with Gasteiger partial charge in [0.25, 0.3) is 0 Å². The predicted octanol–water partition coefficient (Wildman–Crippen LogP) is 3.22. The van der Waals surface area contributed by atoms with Gasteiger partial charge in [-0.2, -0.15) is 0 Å². The molecule has 0 spiro atoms. The van der Waals surface area contributed by atoms with Crippen LogP contribution in [0.15, 0.2) is 18.2 Å². The SMILES string of the molecule is CCC1CCC(C)N1Cc1ccc(CN)cc1C. The summed E-state index contributed by atoms with van der Waals surface area (Å²) >= 11 is 0. The fraction of sp³-hybridized carbons (Fsp3) is 0.625. The van der Waals surface area contributed by atoms with Crippen LogP contribution >= 0.6 is 0 Å². The molecule has 0 aromatic heterocycles. The molecule has 1 saturated heterocycles. The van der Waals surface area contributed by atoms with Crippen LogP contribution in [0.25, 0.3) is 0 Å². The van der Waals surface area contributed by atoms with E-state index in [-0.39, 0.29) is 0 Å². The first-order chi connectivity index (χ1) is 8.65. The Morgan fingerprint density at radius 1 is 1.33 bits per heavy atom. The molecule has 1 aliphatic heterocycles. The van der Waals surface area contributed by atoms with Gasteiger partial charge in [-0.1, -0.05) is 25.1 Å². The smallest absolute Gasteiger partial charge is 0.0242 e. The average molecular weight is 246 g/mol. The van der Waals surface area contributed by atoms with E-state index in [4.69, 9.17) is 5.73 Å². The molecule has 0 amide bonds. The van der Waals surface area contributed by atoms with Crippen LogP contribution in [0.5, 0.6) is 0 Å². The molecule has 1 aromatic rings. The van der Waals surface area contributed by atoms with Gasteiger partial charge in [-0.15, -0.1) is 0 Å². The van der Waals surface area contributed by atoms with E-state index in [1.165, 1.54) is 36.0 Å². The molecule has 2 rings (SSSR count). The Bertz CT molecular complexity index is 400. The number of benzene rings is 1. The first-order valence-corrected chi connectivity index (χ1v) is 7.20. The van der Waals surface area contributed by atoms with Gasteiger partial charge >= 0.3 is 0 Å². The summed E-state index contributed by atoms with van der Waals surface area (Å²) in [5.41, 5.74) is 9.76. The second-order valence-electron chi connectivity index (χ2n) is 5.63. The highest BCUT2D eigenvalue weighted by Gasteiger charge is 2.29. The molecule has 18 heavy (non-hydrogen) atoms. The summed E-state index contributed by atoms with van der Waals surface area (Å²) in [7, 11) is 0. The molecule has 0 radical (unpaired) electrons. The summed E-state index contributed by atoms with van der Waals surface area (Å²) in [6.07, 6.45) is 3.97. The summed E-state index contributed by atoms with van der Waals surface area (Å²) in [6.45, 7) is 8.60. The van der Waals surface area contributed by atoms with Gasteiger partial charge in [-0.05, 0) is 49.8 Å². The van der Waals surface area contributed by atoms with Crippen molar-refractivity contribution in [2.75, 3.05) is 0 Å². The van der Waals surface area contributed by atoms with E-state index >= 15 is 0 Å². The molecule has 1 aliphatic rings. The van der Waals surface area contributed by atoms with Crippen LogP contribution in [-0.2, 0) is 13.1 Å².